The van der Waals surface area contributed by atoms with Gasteiger partial charge in [-0.1, -0.05) is 12.1 Å². The Morgan fingerprint density at radius 1 is 1.10 bits per heavy atom. The minimum atomic E-state index is -1.30. The Kier molecular flexibility index (Phi) is 5.97. The van der Waals surface area contributed by atoms with Gasteiger partial charge in [0, 0.05) is 4.90 Å². The molecule has 2 aromatic rings. The summed E-state index contributed by atoms with van der Waals surface area (Å²) in [6.45, 7) is 1.58. The summed E-state index contributed by atoms with van der Waals surface area (Å²) in [5.41, 5.74) is 1.63. The van der Waals surface area contributed by atoms with E-state index in [1.54, 1.807) is 50.4 Å². The zero-order valence-corrected chi connectivity index (χ0v) is 17.0. The topological polar surface area (TPSA) is 97.0 Å². The van der Waals surface area contributed by atoms with E-state index in [4.69, 9.17) is 9.47 Å². The van der Waals surface area contributed by atoms with Crippen LogP contribution in [-0.2, 0) is 15.1 Å². The van der Waals surface area contributed by atoms with Crippen LogP contribution < -0.4 is 20.2 Å². The Morgan fingerprint density at radius 2 is 1.79 bits per heavy atom. The Morgan fingerprint density at radius 3 is 2.45 bits per heavy atom. The van der Waals surface area contributed by atoms with Gasteiger partial charge in [0.2, 0.25) is 5.91 Å². The Bertz CT molecular complexity index is 934. The minimum absolute atomic E-state index is 0.0409. The minimum Gasteiger partial charge on any atom is -0.497 e. The van der Waals surface area contributed by atoms with E-state index in [0.29, 0.717) is 11.3 Å². The first kappa shape index (κ1) is 20.5. The van der Waals surface area contributed by atoms with E-state index in [-0.39, 0.29) is 5.75 Å². The summed E-state index contributed by atoms with van der Waals surface area (Å²) in [5.74, 6) is 0.279. The Labute approximate surface area is 172 Å². The maximum atomic E-state index is 12.9. The van der Waals surface area contributed by atoms with Crippen LogP contribution >= 0.6 is 11.8 Å². The molecule has 152 valence electrons. The first-order chi connectivity index (χ1) is 13.9. The lowest BCUT2D eigenvalue weighted by Gasteiger charge is -2.22. The molecule has 0 unspecified atom stereocenters. The van der Waals surface area contributed by atoms with Crippen molar-refractivity contribution in [2.45, 2.75) is 17.4 Å². The van der Waals surface area contributed by atoms with Crippen LogP contribution in [0.3, 0.4) is 0 Å². The van der Waals surface area contributed by atoms with E-state index in [1.165, 1.54) is 18.9 Å². The number of amides is 4. The number of benzene rings is 2. The van der Waals surface area contributed by atoms with E-state index in [9.17, 15) is 14.4 Å². The van der Waals surface area contributed by atoms with Crippen molar-refractivity contribution in [2.24, 2.45) is 0 Å². The van der Waals surface area contributed by atoms with Gasteiger partial charge < -0.3 is 14.8 Å². The normalized spacial score (nSPS) is 18.4. The van der Waals surface area contributed by atoms with Gasteiger partial charge in [0.25, 0.3) is 5.91 Å². The van der Waals surface area contributed by atoms with Gasteiger partial charge in [0.05, 0.1) is 20.0 Å². The lowest BCUT2D eigenvalue weighted by Crippen LogP contribution is -2.48. The number of nitrogens with one attached hydrogen (secondary N) is 2. The number of carbonyl (C=O) groups is 3. The molecule has 0 radical (unpaired) electrons. The molecule has 1 atom stereocenters. The largest absolute Gasteiger partial charge is 0.497 e. The molecular weight excluding hydrogens is 394 g/mol. The third-order valence-corrected chi connectivity index (χ3v) is 5.52. The zero-order valence-electron chi connectivity index (χ0n) is 16.2. The van der Waals surface area contributed by atoms with Crippen molar-refractivity contribution in [3.8, 4) is 11.5 Å². The fourth-order valence-electron chi connectivity index (χ4n) is 2.85. The molecule has 0 spiro atoms. The number of rotatable bonds is 7. The van der Waals surface area contributed by atoms with Crippen LogP contribution in [0.1, 0.15) is 12.5 Å². The molecule has 9 heteroatoms. The summed E-state index contributed by atoms with van der Waals surface area (Å²) in [7, 11) is 3.09. The molecule has 1 aliphatic rings. The number of imide groups is 1. The molecule has 1 fully saturated rings. The number of urea groups is 1. The van der Waals surface area contributed by atoms with E-state index >= 15 is 0 Å². The molecule has 1 saturated heterocycles. The molecule has 1 aliphatic heterocycles. The van der Waals surface area contributed by atoms with Gasteiger partial charge in [-0.25, -0.2) is 4.79 Å². The second-order valence-electron chi connectivity index (χ2n) is 6.43. The number of methoxy groups -OCH3 is 2. The molecule has 0 aliphatic carbocycles. The number of hydrazine groups is 1. The molecule has 0 saturated carbocycles. The number of ether oxygens (including phenoxy) is 2. The molecular formula is C20H21N3O5S. The van der Waals surface area contributed by atoms with Crippen LogP contribution in [0.15, 0.2) is 53.4 Å². The van der Waals surface area contributed by atoms with Gasteiger partial charge in [-0.3, -0.25) is 15.0 Å². The van der Waals surface area contributed by atoms with Crippen molar-refractivity contribution < 1.29 is 23.9 Å². The van der Waals surface area contributed by atoms with Gasteiger partial charge in [0.1, 0.15) is 17.0 Å². The van der Waals surface area contributed by atoms with Crippen molar-refractivity contribution in [3.05, 3.63) is 54.1 Å². The highest BCUT2D eigenvalue weighted by Gasteiger charge is 2.50. The molecule has 1 heterocycles. The number of carbonyl (C=O) groups excluding carboxylic acids is 3. The maximum Gasteiger partial charge on any atom is 0.344 e. The van der Waals surface area contributed by atoms with E-state index in [1.807, 2.05) is 12.1 Å². The highest BCUT2D eigenvalue weighted by molar-refractivity contribution is 8.00. The standard InChI is InChI=1S/C20H21N3O5S/c1-20(13-5-4-6-15(11-13)28-3)18(25)23(19(26)21-20)22-17(24)12-29-16-9-7-14(27-2)8-10-16/h4-11H,12H2,1-3H3,(H,21,26)(H,22,24)/t20-/m1/s1. The molecule has 2 N–H and O–H groups in total. The molecule has 0 bridgehead atoms. The zero-order chi connectivity index (χ0) is 21.0. The lowest BCUT2D eigenvalue weighted by atomic mass is 9.92. The second-order valence-corrected chi connectivity index (χ2v) is 7.48. The summed E-state index contributed by atoms with van der Waals surface area (Å²) < 4.78 is 10.3. The first-order valence-corrected chi connectivity index (χ1v) is 9.73. The van der Waals surface area contributed by atoms with Crippen molar-refractivity contribution >= 4 is 29.6 Å². The Hall–Kier alpha value is -3.20. The molecule has 4 amide bonds. The van der Waals surface area contributed by atoms with Gasteiger partial charge in [0.15, 0.2) is 0 Å². The fourth-order valence-corrected chi connectivity index (χ4v) is 3.54. The first-order valence-electron chi connectivity index (χ1n) is 8.75. The number of thioether (sulfide) groups is 1. The number of nitrogens with zero attached hydrogens (tertiary/aromatic N) is 1. The van der Waals surface area contributed by atoms with Crippen LogP contribution in [0.5, 0.6) is 11.5 Å². The molecule has 3 rings (SSSR count). The summed E-state index contributed by atoms with van der Waals surface area (Å²) in [4.78, 5) is 38.4. The van der Waals surface area contributed by atoms with Crippen molar-refractivity contribution in [3.63, 3.8) is 0 Å². The van der Waals surface area contributed by atoms with E-state index < -0.39 is 23.4 Å². The van der Waals surface area contributed by atoms with Crippen molar-refractivity contribution in [1.29, 1.82) is 0 Å². The van der Waals surface area contributed by atoms with Gasteiger partial charge in [-0.15, -0.1) is 11.8 Å². The number of hydrogen-bond acceptors (Lipinski definition) is 6. The summed E-state index contributed by atoms with van der Waals surface area (Å²) in [6.07, 6.45) is 0. The monoisotopic (exact) mass is 415 g/mol. The van der Waals surface area contributed by atoms with Crippen molar-refractivity contribution in [2.75, 3.05) is 20.0 Å². The predicted octanol–water partition coefficient (Wildman–Crippen LogP) is 2.29. The second kappa shape index (κ2) is 8.44. The smallest absolute Gasteiger partial charge is 0.344 e. The quantitative estimate of drug-likeness (QED) is 0.532. The lowest BCUT2D eigenvalue weighted by molar-refractivity contribution is -0.138. The summed E-state index contributed by atoms with van der Waals surface area (Å²) in [5, 5.41) is 3.35. The van der Waals surface area contributed by atoms with Gasteiger partial charge in [-0.2, -0.15) is 5.01 Å². The van der Waals surface area contributed by atoms with Gasteiger partial charge in [-0.05, 0) is 48.9 Å². The van der Waals surface area contributed by atoms with Crippen LogP contribution in [0.25, 0.3) is 0 Å². The average Bonchev–Trinajstić information content (AvgIpc) is 2.96. The van der Waals surface area contributed by atoms with Crippen LogP contribution in [0.4, 0.5) is 4.79 Å². The van der Waals surface area contributed by atoms with Crippen LogP contribution in [-0.4, -0.2) is 42.8 Å². The van der Waals surface area contributed by atoms with Crippen LogP contribution in [0.2, 0.25) is 0 Å². The van der Waals surface area contributed by atoms with Crippen LogP contribution in [0, 0.1) is 0 Å². The summed E-state index contributed by atoms with van der Waals surface area (Å²) in [6, 6.07) is 13.4. The third kappa shape index (κ3) is 4.29. The molecule has 8 nitrogen and oxygen atoms in total. The van der Waals surface area contributed by atoms with E-state index in [0.717, 1.165) is 15.7 Å². The highest BCUT2D eigenvalue weighted by Crippen LogP contribution is 2.30. The van der Waals surface area contributed by atoms with Crippen molar-refractivity contribution in [1.82, 2.24) is 15.8 Å². The Balaban J connectivity index is 1.65. The third-order valence-electron chi connectivity index (χ3n) is 4.50. The SMILES string of the molecule is COc1ccc(SCC(=O)NN2C(=O)N[C@](C)(c3cccc(OC)c3)C2=O)cc1. The summed E-state index contributed by atoms with van der Waals surface area (Å²) >= 11 is 1.28. The van der Waals surface area contributed by atoms with Gasteiger partial charge >= 0.3 is 6.03 Å². The maximum absolute atomic E-state index is 12.9. The molecule has 0 aromatic heterocycles. The number of hydrogen-bond donors (Lipinski definition) is 2. The molecule has 2 aromatic carbocycles. The highest BCUT2D eigenvalue weighted by atomic mass is 32.2. The van der Waals surface area contributed by atoms with E-state index in [2.05, 4.69) is 10.7 Å². The fraction of sp³-hybridized carbons (Fsp3) is 0.250. The average molecular weight is 415 g/mol. The predicted molar refractivity (Wildman–Crippen MR) is 108 cm³/mol. The molecule has 29 heavy (non-hydrogen) atoms.